The molecule has 6 heterocycles. The molecule has 0 bridgehead atoms. The van der Waals surface area contributed by atoms with Crippen molar-refractivity contribution in [1.82, 2.24) is 29.7 Å². The van der Waals surface area contributed by atoms with Crippen LogP contribution in [-0.4, -0.2) is 49.0 Å². The van der Waals surface area contributed by atoms with Crippen LogP contribution in [-0.2, 0) is 23.7 Å². The number of aryl methyl sites for hydroxylation is 2. The van der Waals surface area contributed by atoms with Gasteiger partial charge in [0.1, 0.15) is 22.6 Å². The second-order valence-corrected chi connectivity index (χ2v) is 15.6. The number of pyridine rings is 2. The van der Waals surface area contributed by atoms with Crippen LogP contribution < -0.4 is 21.1 Å². The molecular formula is C44H42N6O6. The zero-order valence-electron chi connectivity index (χ0n) is 32.1. The highest BCUT2D eigenvalue weighted by Gasteiger charge is 2.36. The Bertz CT molecular complexity index is 2710. The van der Waals surface area contributed by atoms with Crippen LogP contribution in [0.2, 0.25) is 0 Å². The Labute approximate surface area is 323 Å². The molecule has 2 N–H and O–H groups in total. The van der Waals surface area contributed by atoms with Gasteiger partial charge in [0.15, 0.2) is 0 Å². The van der Waals surface area contributed by atoms with E-state index in [0.717, 1.165) is 56.4 Å². The van der Waals surface area contributed by atoms with Gasteiger partial charge in [-0.25, -0.2) is 4.79 Å². The van der Waals surface area contributed by atoms with Crippen molar-refractivity contribution in [3.8, 4) is 28.8 Å². The van der Waals surface area contributed by atoms with Crippen LogP contribution in [0.15, 0.2) is 76.4 Å². The van der Waals surface area contributed by atoms with Crippen LogP contribution in [0, 0.1) is 11.8 Å². The molecule has 0 aliphatic carbocycles. The molecule has 2 unspecified atom stereocenters. The molecule has 2 atom stereocenters. The molecule has 0 saturated carbocycles. The first-order valence-corrected chi connectivity index (χ1v) is 18.7. The number of hydrogen-bond donors (Lipinski definition) is 2. The molecule has 1 fully saturated rings. The average molecular weight is 751 g/mol. The largest absolute Gasteiger partial charge is 0.487 e. The lowest BCUT2D eigenvalue weighted by atomic mass is 9.79. The zero-order valence-corrected chi connectivity index (χ0v) is 32.1. The van der Waals surface area contributed by atoms with Crippen LogP contribution in [0.25, 0.3) is 33.3 Å². The molecule has 3 amide bonds. The SMILES string of the molecule is CC(C)c1cc(C2CC(C)(C)Oc3cc(-c4ccc(C(=O)NCC#Cc5ccc6occ(C7CCC(=O)NC7=O)c6c5)nc4)ncc32)cc2c1n(C)c(=O)n2C. The third-order valence-electron chi connectivity index (χ3n) is 10.9. The van der Waals surface area contributed by atoms with Crippen LogP contribution in [0.4, 0.5) is 0 Å². The molecular weight excluding hydrogens is 709 g/mol. The Kier molecular flexibility index (Phi) is 9.11. The molecule has 0 radical (unpaired) electrons. The Hall–Kier alpha value is -6.48. The standard InChI is InChI=1S/C44H42N6O6/c1-24(2)29-17-27(18-36-40(29)50(6)43(54)49(36)5)31-20-44(3,4)56-38-19-35(47-22-32(31)38)26-10-12-34(46-21-26)42(53)45-15-7-8-25-9-13-37-30(16-25)33(23-55-37)28-11-14-39(51)48-41(28)52/h9-10,12-13,16-19,21-24,28,31H,11,14-15,20H2,1-6H3,(H,45,53)(H,48,51,52). The molecule has 56 heavy (non-hydrogen) atoms. The van der Waals surface area contributed by atoms with Crippen molar-refractivity contribution in [2.45, 2.75) is 70.3 Å². The van der Waals surface area contributed by atoms with E-state index in [0.29, 0.717) is 23.3 Å². The second-order valence-electron chi connectivity index (χ2n) is 15.6. The highest BCUT2D eigenvalue weighted by molar-refractivity contribution is 6.02. The number of piperidine rings is 1. The Morgan fingerprint density at radius 3 is 2.57 bits per heavy atom. The van der Waals surface area contributed by atoms with Gasteiger partial charge in [-0.3, -0.25) is 38.8 Å². The molecule has 2 aliphatic heterocycles. The lowest BCUT2D eigenvalue weighted by molar-refractivity contribution is -0.134. The van der Waals surface area contributed by atoms with Crippen molar-refractivity contribution in [2.24, 2.45) is 14.1 Å². The molecule has 0 spiro atoms. The van der Waals surface area contributed by atoms with E-state index in [1.54, 1.807) is 33.7 Å². The minimum absolute atomic E-state index is 0.00339. The van der Waals surface area contributed by atoms with Gasteiger partial charge in [-0.1, -0.05) is 31.8 Å². The maximum atomic E-state index is 13.0. The van der Waals surface area contributed by atoms with Gasteiger partial charge in [0.05, 0.1) is 35.5 Å². The summed E-state index contributed by atoms with van der Waals surface area (Å²) in [7, 11) is 3.65. The molecule has 2 aromatic carbocycles. The van der Waals surface area contributed by atoms with Gasteiger partial charge in [0.25, 0.3) is 5.91 Å². The number of rotatable bonds is 6. The van der Waals surface area contributed by atoms with Gasteiger partial charge in [-0.2, -0.15) is 0 Å². The van der Waals surface area contributed by atoms with Crippen LogP contribution in [0.3, 0.4) is 0 Å². The molecule has 284 valence electrons. The van der Waals surface area contributed by atoms with Crippen LogP contribution in [0.1, 0.15) is 103 Å². The van der Waals surface area contributed by atoms with Crippen molar-refractivity contribution >= 4 is 39.7 Å². The highest BCUT2D eigenvalue weighted by Crippen LogP contribution is 2.46. The summed E-state index contributed by atoms with van der Waals surface area (Å²) in [5.41, 5.74) is 8.29. The molecule has 1 saturated heterocycles. The summed E-state index contributed by atoms with van der Waals surface area (Å²) in [4.78, 5) is 59.2. The topological polar surface area (TPSA) is 150 Å². The number of benzene rings is 2. The summed E-state index contributed by atoms with van der Waals surface area (Å²) in [6.07, 6.45) is 6.49. The third-order valence-corrected chi connectivity index (χ3v) is 10.9. The number of hydrogen-bond acceptors (Lipinski definition) is 8. The van der Waals surface area contributed by atoms with Gasteiger partial charge >= 0.3 is 5.69 Å². The number of fused-ring (bicyclic) bond motifs is 3. The van der Waals surface area contributed by atoms with Crippen molar-refractivity contribution in [2.75, 3.05) is 6.54 Å². The molecule has 12 nitrogen and oxygen atoms in total. The maximum Gasteiger partial charge on any atom is 0.328 e. The van der Waals surface area contributed by atoms with Gasteiger partial charge in [0.2, 0.25) is 11.8 Å². The average Bonchev–Trinajstić information content (AvgIpc) is 3.69. The highest BCUT2D eigenvalue weighted by atomic mass is 16.5. The summed E-state index contributed by atoms with van der Waals surface area (Å²) in [5, 5.41) is 5.96. The van der Waals surface area contributed by atoms with E-state index in [-0.39, 0.29) is 53.9 Å². The Morgan fingerprint density at radius 2 is 1.82 bits per heavy atom. The van der Waals surface area contributed by atoms with E-state index in [1.807, 2.05) is 44.6 Å². The predicted octanol–water partition coefficient (Wildman–Crippen LogP) is 6.20. The van der Waals surface area contributed by atoms with Crippen molar-refractivity contribution in [1.29, 1.82) is 0 Å². The number of carbonyl (C=O) groups is 3. The predicted molar refractivity (Wildman–Crippen MR) is 211 cm³/mol. The molecule has 12 heteroatoms. The van der Waals surface area contributed by atoms with E-state index in [4.69, 9.17) is 14.1 Å². The number of imide groups is 1. The minimum Gasteiger partial charge on any atom is -0.487 e. The third kappa shape index (κ3) is 6.63. The van der Waals surface area contributed by atoms with E-state index in [1.165, 1.54) is 0 Å². The normalized spacial score (nSPS) is 17.6. The van der Waals surface area contributed by atoms with Crippen molar-refractivity contribution < 1.29 is 23.5 Å². The Balaban J connectivity index is 0.972. The molecule has 6 aromatic rings. The minimum atomic E-state index is -0.468. The fourth-order valence-corrected chi connectivity index (χ4v) is 7.97. The van der Waals surface area contributed by atoms with Gasteiger partial charge in [0, 0.05) is 72.5 Å². The van der Waals surface area contributed by atoms with Crippen LogP contribution in [0.5, 0.6) is 5.75 Å². The summed E-state index contributed by atoms with van der Waals surface area (Å²) < 4.78 is 15.6. The number of carbonyl (C=O) groups excluding carboxylic acids is 3. The smallest absolute Gasteiger partial charge is 0.328 e. The molecule has 4 aromatic heterocycles. The first kappa shape index (κ1) is 36.5. The number of aromatic nitrogens is 4. The van der Waals surface area contributed by atoms with Crippen molar-refractivity contribution in [3.63, 3.8) is 0 Å². The number of ether oxygens (including phenoxy) is 1. The second kappa shape index (κ2) is 14.0. The fourth-order valence-electron chi connectivity index (χ4n) is 7.97. The lowest BCUT2D eigenvalue weighted by Gasteiger charge is -2.38. The summed E-state index contributed by atoms with van der Waals surface area (Å²) >= 11 is 0. The van der Waals surface area contributed by atoms with Gasteiger partial charge in [-0.15, -0.1) is 0 Å². The fraction of sp³-hybridized carbons (Fsp3) is 0.318. The van der Waals surface area contributed by atoms with E-state index < -0.39 is 11.5 Å². The van der Waals surface area contributed by atoms with Crippen molar-refractivity contribution in [3.05, 3.63) is 111 Å². The monoisotopic (exact) mass is 750 g/mol. The number of amides is 3. The first-order valence-electron chi connectivity index (χ1n) is 18.7. The Morgan fingerprint density at radius 1 is 1.00 bits per heavy atom. The number of nitrogens with zero attached hydrogens (tertiary/aromatic N) is 4. The zero-order chi connectivity index (χ0) is 39.5. The molecule has 8 rings (SSSR count). The molecule has 2 aliphatic rings. The quantitative estimate of drug-likeness (QED) is 0.151. The number of imidazole rings is 1. The maximum absolute atomic E-state index is 13.0. The van der Waals surface area contributed by atoms with E-state index in [9.17, 15) is 19.2 Å². The van der Waals surface area contributed by atoms with Crippen LogP contribution >= 0.6 is 0 Å². The summed E-state index contributed by atoms with van der Waals surface area (Å²) in [5.74, 6) is 5.57. The van der Waals surface area contributed by atoms with Gasteiger partial charge < -0.3 is 14.5 Å². The summed E-state index contributed by atoms with van der Waals surface area (Å²) in [6, 6.07) is 15.2. The van der Waals surface area contributed by atoms with E-state index in [2.05, 4.69) is 67.3 Å². The van der Waals surface area contributed by atoms with E-state index >= 15 is 0 Å². The van der Waals surface area contributed by atoms with Gasteiger partial charge in [-0.05, 0) is 80.1 Å². The number of nitrogens with one attached hydrogen (secondary N) is 2. The summed E-state index contributed by atoms with van der Waals surface area (Å²) in [6.45, 7) is 8.56. The first-order chi connectivity index (χ1) is 26.8. The lowest BCUT2D eigenvalue weighted by Crippen LogP contribution is -2.39. The number of furan rings is 1.